The van der Waals surface area contributed by atoms with E-state index in [0.717, 1.165) is 6.54 Å². The standard InChI is InChI=1S/C36H47F5N4O4S/c1-4-50(47,48)32-15-9-26(10-16-32)33(17-18-42)43-34(46)27-7-13-29(14-8-27)45-22-30(19-31(45)23-49-35(37)38)44(20-24(2)3)21-25-5-11-28(12-6-25)36(39,40)41/h7-10,13-16,24-25,28,30-31,33,35H,4-6,11-12,17,19-23H2,1-3H3,(H,43,46)/t25?,28?,30?,31-,33-/m0/s1. The molecule has 1 saturated heterocycles. The van der Waals surface area contributed by atoms with Gasteiger partial charge in [-0.1, -0.05) is 32.9 Å². The fourth-order valence-corrected chi connectivity index (χ4v) is 8.01. The average Bonchev–Trinajstić information content (AvgIpc) is 3.51. The van der Waals surface area contributed by atoms with Crippen molar-refractivity contribution in [3.8, 4) is 6.07 Å². The molecule has 1 N–H and O–H groups in total. The van der Waals surface area contributed by atoms with Crippen molar-refractivity contribution in [3.63, 3.8) is 0 Å². The molecular weight excluding hydrogens is 679 g/mol. The van der Waals surface area contributed by atoms with Gasteiger partial charge in [-0.3, -0.25) is 9.69 Å². The van der Waals surface area contributed by atoms with Crippen LogP contribution in [0.4, 0.5) is 27.6 Å². The van der Waals surface area contributed by atoms with E-state index in [2.05, 4.69) is 30.1 Å². The van der Waals surface area contributed by atoms with Gasteiger partial charge < -0.3 is 15.0 Å². The minimum atomic E-state index is -4.17. The van der Waals surface area contributed by atoms with Gasteiger partial charge in [-0.25, -0.2) is 8.42 Å². The quantitative estimate of drug-likeness (QED) is 0.191. The third-order valence-corrected chi connectivity index (χ3v) is 11.6. The molecule has 14 heteroatoms. The number of nitriles is 1. The number of carbonyl (C=O) groups excluding carboxylic acids is 1. The van der Waals surface area contributed by atoms with Crippen LogP contribution in [0.5, 0.6) is 0 Å². The number of benzene rings is 2. The molecule has 276 valence electrons. The number of hydrogen-bond acceptors (Lipinski definition) is 7. The van der Waals surface area contributed by atoms with Crippen LogP contribution in [-0.2, 0) is 14.6 Å². The number of nitrogens with zero attached hydrogens (tertiary/aromatic N) is 3. The van der Waals surface area contributed by atoms with Crippen molar-refractivity contribution in [1.82, 2.24) is 10.2 Å². The van der Waals surface area contributed by atoms with Gasteiger partial charge in [0.05, 0.1) is 47.7 Å². The molecule has 2 aromatic rings. The molecule has 8 nitrogen and oxygen atoms in total. The summed E-state index contributed by atoms with van der Waals surface area (Å²) in [5.74, 6) is -1.33. The first-order valence-electron chi connectivity index (χ1n) is 17.2. The highest BCUT2D eigenvalue weighted by atomic mass is 32.2. The molecule has 1 heterocycles. The second kappa shape index (κ2) is 17.3. The van der Waals surface area contributed by atoms with Gasteiger partial charge in [0.2, 0.25) is 0 Å². The van der Waals surface area contributed by atoms with E-state index < -0.39 is 40.5 Å². The van der Waals surface area contributed by atoms with Gasteiger partial charge in [0.1, 0.15) is 0 Å². The Morgan fingerprint density at radius 1 is 1.06 bits per heavy atom. The van der Waals surface area contributed by atoms with E-state index in [1.165, 1.54) is 12.1 Å². The van der Waals surface area contributed by atoms with Crippen molar-refractivity contribution in [1.29, 1.82) is 5.26 Å². The molecule has 2 fully saturated rings. The van der Waals surface area contributed by atoms with Gasteiger partial charge in [0.15, 0.2) is 9.84 Å². The van der Waals surface area contributed by atoms with E-state index >= 15 is 0 Å². The summed E-state index contributed by atoms with van der Waals surface area (Å²) in [6.45, 7) is 4.42. The van der Waals surface area contributed by atoms with Gasteiger partial charge in [0, 0.05) is 36.9 Å². The van der Waals surface area contributed by atoms with Gasteiger partial charge in [0.25, 0.3) is 5.91 Å². The summed E-state index contributed by atoms with van der Waals surface area (Å²) >= 11 is 0. The van der Waals surface area contributed by atoms with Crippen LogP contribution in [0.2, 0.25) is 0 Å². The molecular formula is C36H47F5N4O4S. The predicted octanol–water partition coefficient (Wildman–Crippen LogP) is 7.38. The highest BCUT2D eigenvalue weighted by molar-refractivity contribution is 7.91. The lowest BCUT2D eigenvalue weighted by atomic mass is 9.81. The SMILES string of the molecule is CCS(=O)(=O)c1ccc([C@H](CC#N)NC(=O)c2ccc(N3CC(N(CC(C)C)CC4CCC(C(F)(F)F)CC4)C[C@H]3COC(F)F)cc2)cc1. The molecule has 0 spiro atoms. The predicted molar refractivity (Wildman–Crippen MR) is 180 cm³/mol. The molecule has 2 aliphatic rings. The summed E-state index contributed by atoms with van der Waals surface area (Å²) in [5.41, 5.74) is 1.60. The van der Waals surface area contributed by atoms with Gasteiger partial charge >= 0.3 is 12.8 Å². The normalized spacial score (nSPS) is 22.2. The molecule has 1 unspecified atom stereocenters. The smallest absolute Gasteiger partial charge is 0.365 e. The molecule has 0 bridgehead atoms. The van der Waals surface area contributed by atoms with E-state index in [-0.39, 0.29) is 60.4 Å². The van der Waals surface area contributed by atoms with Crippen LogP contribution >= 0.6 is 0 Å². The summed E-state index contributed by atoms with van der Waals surface area (Å²) < 4.78 is 95.3. The zero-order valence-electron chi connectivity index (χ0n) is 28.7. The zero-order valence-corrected chi connectivity index (χ0v) is 29.5. The van der Waals surface area contributed by atoms with Gasteiger partial charge in [-0.05, 0) is 85.9 Å². The third-order valence-electron chi connectivity index (χ3n) is 9.81. The van der Waals surface area contributed by atoms with Crippen molar-refractivity contribution < 1.29 is 39.9 Å². The summed E-state index contributed by atoms with van der Waals surface area (Å²) in [5, 5.41) is 12.2. The van der Waals surface area contributed by atoms with E-state index in [0.29, 0.717) is 49.2 Å². The summed E-state index contributed by atoms with van der Waals surface area (Å²) in [6, 6.07) is 13.7. The van der Waals surface area contributed by atoms with Crippen LogP contribution in [0, 0.1) is 29.1 Å². The molecule has 1 aliphatic carbocycles. The molecule has 2 aromatic carbocycles. The molecule has 1 saturated carbocycles. The van der Waals surface area contributed by atoms with Crippen molar-refractivity contribution in [2.24, 2.45) is 17.8 Å². The first-order valence-corrected chi connectivity index (χ1v) is 18.8. The molecule has 0 radical (unpaired) electrons. The second-order valence-electron chi connectivity index (χ2n) is 13.8. The molecule has 4 rings (SSSR count). The third kappa shape index (κ3) is 10.6. The van der Waals surface area contributed by atoms with Gasteiger partial charge in [-0.2, -0.15) is 27.2 Å². The zero-order chi connectivity index (χ0) is 36.6. The maximum absolute atomic E-state index is 13.3. The molecule has 3 atom stereocenters. The highest BCUT2D eigenvalue weighted by Gasteiger charge is 2.42. The minimum absolute atomic E-state index is 0.0302. The van der Waals surface area contributed by atoms with Crippen molar-refractivity contribution in [2.75, 3.05) is 36.9 Å². The van der Waals surface area contributed by atoms with Crippen LogP contribution in [-0.4, -0.2) is 76.1 Å². The average molecular weight is 727 g/mol. The van der Waals surface area contributed by atoms with Gasteiger partial charge in [-0.15, -0.1) is 0 Å². The summed E-state index contributed by atoms with van der Waals surface area (Å²) in [7, 11) is -3.41. The molecule has 1 aliphatic heterocycles. The number of carbonyl (C=O) groups is 1. The lowest BCUT2D eigenvalue weighted by molar-refractivity contribution is -0.184. The van der Waals surface area contributed by atoms with Crippen molar-refractivity contribution in [3.05, 3.63) is 59.7 Å². The first-order chi connectivity index (χ1) is 23.6. The molecule has 1 amide bonds. The number of rotatable bonds is 15. The fourth-order valence-electron chi connectivity index (χ4n) is 7.12. The monoisotopic (exact) mass is 726 g/mol. The summed E-state index contributed by atoms with van der Waals surface area (Å²) in [4.78, 5) is 17.7. The number of alkyl halides is 5. The molecule has 50 heavy (non-hydrogen) atoms. The Labute approximate surface area is 291 Å². The number of ether oxygens (including phenoxy) is 1. The maximum Gasteiger partial charge on any atom is 0.391 e. The summed E-state index contributed by atoms with van der Waals surface area (Å²) in [6.07, 6.45) is -2.43. The van der Waals surface area contributed by atoms with E-state index in [1.54, 1.807) is 43.3 Å². The minimum Gasteiger partial charge on any atom is -0.365 e. The van der Waals surface area contributed by atoms with E-state index in [4.69, 9.17) is 4.74 Å². The Kier molecular flexibility index (Phi) is 13.7. The number of nitrogens with one attached hydrogen (secondary N) is 1. The number of hydrogen-bond donors (Lipinski definition) is 1. The van der Waals surface area contributed by atoms with Crippen LogP contribution in [0.25, 0.3) is 0 Å². The van der Waals surface area contributed by atoms with Crippen molar-refractivity contribution in [2.45, 2.75) is 95.1 Å². The Balaban J connectivity index is 1.47. The molecule has 0 aromatic heterocycles. The van der Waals surface area contributed by atoms with Crippen LogP contribution in [0.15, 0.2) is 53.4 Å². The Morgan fingerprint density at radius 3 is 2.24 bits per heavy atom. The lowest BCUT2D eigenvalue weighted by Gasteiger charge is -2.37. The topological polar surface area (TPSA) is 103 Å². The lowest BCUT2D eigenvalue weighted by Crippen LogP contribution is -2.43. The Bertz CT molecular complexity index is 1540. The van der Waals surface area contributed by atoms with E-state index in [9.17, 15) is 40.4 Å². The number of sulfone groups is 1. The van der Waals surface area contributed by atoms with Crippen LogP contribution in [0.1, 0.15) is 81.3 Å². The maximum atomic E-state index is 13.3. The Morgan fingerprint density at radius 2 is 1.70 bits per heavy atom. The largest absolute Gasteiger partial charge is 0.391 e. The van der Waals surface area contributed by atoms with Crippen LogP contribution in [0.3, 0.4) is 0 Å². The van der Waals surface area contributed by atoms with Crippen LogP contribution < -0.4 is 10.2 Å². The van der Waals surface area contributed by atoms with Crippen molar-refractivity contribution >= 4 is 21.4 Å². The highest BCUT2D eigenvalue weighted by Crippen LogP contribution is 2.40. The number of halogens is 5. The number of amides is 1. The first kappa shape index (κ1) is 39.5. The fraction of sp³-hybridized carbons (Fsp3) is 0.611. The second-order valence-corrected chi connectivity index (χ2v) is 16.1. The number of anilines is 1. The van der Waals surface area contributed by atoms with E-state index in [1.807, 2.05) is 4.90 Å². The Hall–Kier alpha value is -3.28.